The van der Waals surface area contributed by atoms with E-state index in [0.717, 1.165) is 24.2 Å². The summed E-state index contributed by atoms with van der Waals surface area (Å²) in [5.41, 5.74) is 0.879. The van der Waals surface area contributed by atoms with Gasteiger partial charge in [-0.05, 0) is 31.0 Å². The molecule has 0 unspecified atom stereocenters. The monoisotopic (exact) mass is 214 g/mol. The van der Waals surface area contributed by atoms with E-state index in [0.29, 0.717) is 5.88 Å². The van der Waals surface area contributed by atoms with Gasteiger partial charge in [-0.2, -0.15) is 0 Å². The number of methoxy groups -OCH3 is 1. The zero-order valence-electron chi connectivity index (χ0n) is 8.02. The summed E-state index contributed by atoms with van der Waals surface area (Å²) in [6, 6.07) is 4.61. The van der Waals surface area contributed by atoms with E-state index in [2.05, 4.69) is 0 Å². The van der Waals surface area contributed by atoms with Crippen molar-refractivity contribution in [2.75, 3.05) is 13.0 Å². The minimum Gasteiger partial charge on any atom is -0.496 e. The Hall–Kier alpha value is -0.760. The first kappa shape index (κ1) is 9.78. The molecule has 0 amide bonds. The van der Waals surface area contributed by atoms with Gasteiger partial charge in [0.15, 0.2) is 0 Å². The SMILES string of the molecule is COc1ccc(F)cc1C1(CCl)CC1. The van der Waals surface area contributed by atoms with Crippen molar-refractivity contribution < 1.29 is 9.13 Å². The molecular formula is C11H12ClFO. The standard InChI is InChI=1S/C11H12ClFO/c1-14-10-3-2-8(13)6-9(10)11(7-12)4-5-11/h2-3,6H,4-5,7H2,1H3. The zero-order valence-corrected chi connectivity index (χ0v) is 8.77. The van der Waals surface area contributed by atoms with Gasteiger partial charge in [0.1, 0.15) is 11.6 Å². The molecule has 0 spiro atoms. The van der Waals surface area contributed by atoms with Gasteiger partial charge < -0.3 is 4.74 Å². The van der Waals surface area contributed by atoms with Gasteiger partial charge in [-0.15, -0.1) is 11.6 Å². The predicted molar refractivity (Wildman–Crippen MR) is 54.6 cm³/mol. The first-order chi connectivity index (χ1) is 6.72. The van der Waals surface area contributed by atoms with Crippen LogP contribution in [0.15, 0.2) is 18.2 Å². The third-order valence-corrected chi connectivity index (χ3v) is 3.35. The van der Waals surface area contributed by atoms with Crippen molar-refractivity contribution in [2.24, 2.45) is 0 Å². The fourth-order valence-corrected chi connectivity index (χ4v) is 2.13. The van der Waals surface area contributed by atoms with E-state index < -0.39 is 0 Å². The van der Waals surface area contributed by atoms with Gasteiger partial charge in [0, 0.05) is 16.9 Å². The fraction of sp³-hybridized carbons (Fsp3) is 0.455. The molecule has 0 radical (unpaired) electrons. The van der Waals surface area contributed by atoms with Crippen molar-refractivity contribution in [3.63, 3.8) is 0 Å². The minimum absolute atomic E-state index is 0.0327. The van der Waals surface area contributed by atoms with Crippen LogP contribution in [-0.2, 0) is 5.41 Å². The molecule has 1 aromatic carbocycles. The molecule has 1 nitrogen and oxygen atoms in total. The summed E-state index contributed by atoms with van der Waals surface area (Å²) in [7, 11) is 1.60. The molecule has 14 heavy (non-hydrogen) atoms. The third kappa shape index (κ3) is 1.48. The van der Waals surface area contributed by atoms with E-state index in [1.54, 1.807) is 13.2 Å². The smallest absolute Gasteiger partial charge is 0.123 e. The van der Waals surface area contributed by atoms with Crippen LogP contribution in [0.2, 0.25) is 0 Å². The second-order valence-electron chi connectivity index (χ2n) is 3.76. The van der Waals surface area contributed by atoms with Gasteiger partial charge in [0.25, 0.3) is 0 Å². The number of hydrogen-bond donors (Lipinski definition) is 0. The summed E-state index contributed by atoms with van der Waals surface area (Å²) in [4.78, 5) is 0. The second-order valence-corrected chi connectivity index (χ2v) is 4.03. The van der Waals surface area contributed by atoms with Crippen LogP contribution in [0, 0.1) is 5.82 Å². The number of hydrogen-bond acceptors (Lipinski definition) is 1. The molecule has 1 aliphatic rings. The molecule has 1 saturated carbocycles. The number of ether oxygens (including phenoxy) is 1. The largest absolute Gasteiger partial charge is 0.496 e. The Kier molecular flexibility index (Phi) is 2.40. The van der Waals surface area contributed by atoms with E-state index in [4.69, 9.17) is 16.3 Å². The lowest BCUT2D eigenvalue weighted by molar-refractivity contribution is 0.404. The molecule has 0 bridgehead atoms. The molecule has 0 saturated heterocycles. The lowest BCUT2D eigenvalue weighted by Crippen LogP contribution is -2.10. The lowest BCUT2D eigenvalue weighted by Gasteiger charge is -2.15. The van der Waals surface area contributed by atoms with Crippen molar-refractivity contribution in [1.29, 1.82) is 0 Å². The van der Waals surface area contributed by atoms with Crippen LogP contribution in [0.3, 0.4) is 0 Å². The molecule has 1 fully saturated rings. The van der Waals surface area contributed by atoms with Crippen LogP contribution in [0.5, 0.6) is 5.75 Å². The Balaban J connectivity index is 2.44. The van der Waals surface area contributed by atoms with Gasteiger partial charge in [-0.1, -0.05) is 0 Å². The molecule has 2 rings (SSSR count). The number of alkyl halides is 1. The summed E-state index contributed by atoms with van der Waals surface area (Å²) in [6.07, 6.45) is 2.05. The summed E-state index contributed by atoms with van der Waals surface area (Å²) >= 11 is 5.89. The average Bonchev–Trinajstić information content (AvgIpc) is 2.98. The first-order valence-electron chi connectivity index (χ1n) is 4.62. The first-order valence-corrected chi connectivity index (χ1v) is 5.15. The van der Waals surface area contributed by atoms with Gasteiger partial charge in [0.2, 0.25) is 0 Å². The Morgan fingerprint density at radius 2 is 2.21 bits per heavy atom. The highest BCUT2D eigenvalue weighted by Crippen LogP contribution is 2.52. The Labute approximate surface area is 87.8 Å². The normalized spacial score (nSPS) is 17.9. The van der Waals surface area contributed by atoms with Crippen LogP contribution in [0.25, 0.3) is 0 Å². The summed E-state index contributed by atoms with van der Waals surface area (Å²) in [5.74, 6) is 1.05. The molecule has 0 heterocycles. The maximum Gasteiger partial charge on any atom is 0.123 e. The minimum atomic E-state index is -0.225. The second kappa shape index (κ2) is 3.43. The molecular weight excluding hydrogens is 203 g/mol. The van der Waals surface area contributed by atoms with Crippen LogP contribution in [0.4, 0.5) is 4.39 Å². The highest BCUT2D eigenvalue weighted by atomic mass is 35.5. The maximum atomic E-state index is 13.1. The van der Waals surface area contributed by atoms with Crippen molar-refractivity contribution in [3.8, 4) is 5.75 Å². The van der Waals surface area contributed by atoms with Crippen molar-refractivity contribution in [2.45, 2.75) is 18.3 Å². The predicted octanol–water partition coefficient (Wildman–Crippen LogP) is 3.10. The third-order valence-electron chi connectivity index (χ3n) is 2.84. The van der Waals surface area contributed by atoms with E-state index in [9.17, 15) is 4.39 Å². The highest BCUT2D eigenvalue weighted by Gasteiger charge is 2.45. The Morgan fingerprint density at radius 3 is 2.71 bits per heavy atom. The average molecular weight is 215 g/mol. The fourth-order valence-electron chi connectivity index (χ4n) is 1.72. The molecule has 0 atom stereocenters. The molecule has 0 aliphatic heterocycles. The molecule has 0 N–H and O–H groups in total. The van der Waals surface area contributed by atoms with Gasteiger partial charge in [-0.25, -0.2) is 4.39 Å². The van der Waals surface area contributed by atoms with Crippen molar-refractivity contribution >= 4 is 11.6 Å². The topological polar surface area (TPSA) is 9.23 Å². The number of halogens is 2. The van der Waals surface area contributed by atoms with Crippen molar-refractivity contribution in [3.05, 3.63) is 29.6 Å². The Bertz CT molecular complexity index is 347. The number of benzene rings is 1. The molecule has 3 heteroatoms. The molecule has 1 aromatic rings. The maximum absolute atomic E-state index is 13.1. The Morgan fingerprint density at radius 1 is 1.50 bits per heavy atom. The molecule has 1 aliphatic carbocycles. The van der Waals surface area contributed by atoms with Crippen molar-refractivity contribution in [1.82, 2.24) is 0 Å². The van der Waals surface area contributed by atoms with Crippen LogP contribution < -0.4 is 4.74 Å². The summed E-state index contributed by atoms with van der Waals surface area (Å²) in [5, 5.41) is 0. The van der Waals surface area contributed by atoms with Gasteiger partial charge in [0.05, 0.1) is 7.11 Å². The summed E-state index contributed by atoms with van der Waals surface area (Å²) in [6.45, 7) is 0. The van der Waals surface area contributed by atoms with Crippen LogP contribution in [0.1, 0.15) is 18.4 Å². The quantitative estimate of drug-likeness (QED) is 0.703. The van der Waals surface area contributed by atoms with Crippen LogP contribution in [-0.4, -0.2) is 13.0 Å². The van der Waals surface area contributed by atoms with E-state index in [-0.39, 0.29) is 11.2 Å². The number of rotatable bonds is 3. The molecule has 0 aromatic heterocycles. The van der Waals surface area contributed by atoms with E-state index in [1.807, 2.05) is 0 Å². The van der Waals surface area contributed by atoms with Gasteiger partial charge >= 0.3 is 0 Å². The van der Waals surface area contributed by atoms with E-state index >= 15 is 0 Å². The summed E-state index contributed by atoms with van der Waals surface area (Å²) < 4.78 is 18.3. The lowest BCUT2D eigenvalue weighted by atomic mass is 9.97. The van der Waals surface area contributed by atoms with Gasteiger partial charge in [-0.3, -0.25) is 0 Å². The molecule has 76 valence electrons. The van der Waals surface area contributed by atoms with Crippen LogP contribution >= 0.6 is 11.6 Å². The zero-order chi connectivity index (χ0) is 10.2. The van der Waals surface area contributed by atoms with E-state index in [1.165, 1.54) is 12.1 Å². The highest BCUT2D eigenvalue weighted by molar-refractivity contribution is 6.19.